The molecule has 0 saturated carbocycles. The Hall–Kier alpha value is -3.12. The van der Waals surface area contributed by atoms with E-state index in [-0.39, 0.29) is 11.7 Å². The van der Waals surface area contributed by atoms with Crippen molar-refractivity contribution in [2.75, 3.05) is 6.54 Å². The number of aryl methyl sites for hydroxylation is 2. The van der Waals surface area contributed by atoms with Gasteiger partial charge in [0.15, 0.2) is 5.17 Å². The second-order valence-corrected chi connectivity index (χ2v) is 8.01. The Bertz CT molecular complexity index is 1140. The van der Waals surface area contributed by atoms with Crippen LogP contribution in [0.25, 0.3) is 17.4 Å². The van der Waals surface area contributed by atoms with Gasteiger partial charge in [-0.05, 0) is 80.1 Å². The second kappa shape index (κ2) is 8.32. The lowest BCUT2D eigenvalue weighted by atomic mass is 10.1. The first kappa shape index (κ1) is 20.2. The molecule has 2 heterocycles. The van der Waals surface area contributed by atoms with Gasteiger partial charge in [-0.15, -0.1) is 0 Å². The van der Waals surface area contributed by atoms with Crippen LogP contribution in [0, 0.1) is 19.7 Å². The van der Waals surface area contributed by atoms with Gasteiger partial charge in [-0.25, -0.2) is 9.38 Å². The number of benzene rings is 2. The number of amides is 1. The highest BCUT2D eigenvalue weighted by atomic mass is 32.2. The standard InChI is InChI=1S/C24H21FN2O2S/c1-4-27-23(28)21(30-24(27)26-22-15(2)6-5-7-16(22)3)14-19-12-13-20(29-19)17-8-10-18(25)11-9-17/h5-14H,4H2,1-3H3/b21-14+,26-24?. The quantitative estimate of drug-likeness (QED) is 0.464. The summed E-state index contributed by atoms with van der Waals surface area (Å²) in [6.45, 7) is 6.49. The van der Waals surface area contributed by atoms with Crippen molar-refractivity contribution in [1.82, 2.24) is 4.90 Å². The van der Waals surface area contributed by atoms with E-state index < -0.39 is 0 Å². The third-order valence-corrected chi connectivity index (χ3v) is 5.89. The van der Waals surface area contributed by atoms with Gasteiger partial charge in [0.1, 0.15) is 17.3 Å². The Morgan fingerprint density at radius 3 is 2.43 bits per heavy atom. The van der Waals surface area contributed by atoms with E-state index in [2.05, 4.69) is 0 Å². The van der Waals surface area contributed by atoms with Crippen LogP contribution in [-0.2, 0) is 4.79 Å². The molecule has 6 heteroatoms. The van der Waals surface area contributed by atoms with E-state index in [1.807, 2.05) is 45.0 Å². The van der Waals surface area contributed by atoms with E-state index in [0.29, 0.717) is 28.1 Å². The Balaban J connectivity index is 1.64. The van der Waals surface area contributed by atoms with Crippen molar-refractivity contribution >= 4 is 34.6 Å². The molecular weight excluding hydrogens is 399 g/mol. The highest BCUT2D eigenvalue weighted by Crippen LogP contribution is 2.36. The van der Waals surface area contributed by atoms with Gasteiger partial charge in [0.25, 0.3) is 5.91 Å². The summed E-state index contributed by atoms with van der Waals surface area (Å²) in [7, 11) is 0. The summed E-state index contributed by atoms with van der Waals surface area (Å²) in [6, 6.07) is 15.7. The number of carbonyl (C=O) groups is 1. The van der Waals surface area contributed by atoms with Gasteiger partial charge >= 0.3 is 0 Å². The van der Waals surface area contributed by atoms with Crippen molar-refractivity contribution in [3.05, 3.63) is 82.2 Å². The molecule has 0 unspecified atom stereocenters. The lowest BCUT2D eigenvalue weighted by Crippen LogP contribution is -2.28. The molecular formula is C24H21FN2O2S. The number of hydrogen-bond acceptors (Lipinski definition) is 4. The molecule has 3 aromatic rings. The number of rotatable bonds is 4. The molecule has 0 atom stereocenters. The number of nitrogens with zero attached hydrogens (tertiary/aromatic N) is 2. The average Bonchev–Trinajstić information content (AvgIpc) is 3.30. The SMILES string of the molecule is CCN1C(=O)/C(=C\c2ccc(-c3ccc(F)cc3)o2)SC1=Nc1c(C)cccc1C. The summed E-state index contributed by atoms with van der Waals surface area (Å²) < 4.78 is 19.0. The summed E-state index contributed by atoms with van der Waals surface area (Å²) in [6.07, 6.45) is 1.73. The predicted molar refractivity (Wildman–Crippen MR) is 120 cm³/mol. The number of likely N-dealkylation sites (N-methyl/N-ethyl adjacent to an activating group) is 1. The maximum Gasteiger partial charge on any atom is 0.266 e. The number of furan rings is 1. The molecule has 30 heavy (non-hydrogen) atoms. The van der Waals surface area contributed by atoms with Crippen LogP contribution in [0.1, 0.15) is 23.8 Å². The number of para-hydroxylation sites is 1. The van der Waals surface area contributed by atoms with Crippen LogP contribution in [0.3, 0.4) is 0 Å². The third-order valence-electron chi connectivity index (χ3n) is 4.88. The van der Waals surface area contributed by atoms with Crippen LogP contribution >= 0.6 is 11.8 Å². The molecule has 4 nitrogen and oxygen atoms in total. The maximum absolute atomic E-state index is 13.1. The third kappa shape index (κ3) is 3.96. The maximum atomic E-state index is 13.1. The predicted octanol–water partition coefficient (Wildman–Crippen LogP) is 6.33. The molecule has 1 aliphatic rings. The minimum Gasteiger partial charge on any atom is -0.457 e. The van der Waals surface area contributed by atoms with Crippen molar-refractivity contribution in [1.29, 1.82) is 0 Å². The lowest BCUT2D eigenvalue weighted by molar-refractivity contribution is -0.122. The van der Waals surface area contributed by atoms with Gasteiger partial charge in [0.05, 0.1) is 10.6 Å². The first-order valence-electron chi connectivity index (χ1n) is 9.68. The van der Waals surface area contributed by atoms with Gasteiger partial charge in [0.2, 0.25) is 0 Å². The van der Waals surface area contributed by atoms with Crippen LogP contribution < -0.4 is 0 Å². The second-order valence-electron chi connectivity index (χ2n) is 7.00. The van der Waals surface area contributed by atoms with E-state index >= 15 is 0 Å². The molecule has 2 aromatic carbocycles. The largest absolute Gasteiger partial charge is 0.457 e. The normalized spacial score (nSPS) is 16.8. The first-order valence-corrected chi connectivity index (χ1v) is 10.5. The fourth-order valence-corrected chi connectivity index (χ4v) is 4.31. The monoisotopic (exact) mass is 420 g/mol. The summed E-state index contributed by atoms with van der Waals surface area (Å²) in [5.41, 5.74) is 3.81. The van der Waals surface area contributed by atoms with E-state index in [0.717, 1.165) is 22.4 Å². The minimum absolute atomic E-state index is 0.0905. The van der Waals surface area contributed by atoms with E-state index in [9.17, 15) is 9.18 Å². The zero-order valence-electron chi connectivity index (χ0n) is 17.0. The zero-order valence-corrected chi connectivity index (χ0v) is 17.8. The highest BCUT2D eigenvalue weighted by Gasteiger charge is 2.32. The fraction of sp³-hybridized carbons (Fsp3) is 0.167. The number of hydrogen-bond donors (Lipinski definition) is 0. The molecule has 0 aliphatic carbocycles. The van der Waals surface area contributed by atoms with Crippen LogP contribution in [0.4, 0.5) is 10.1 Å². The summed E-state index contributed by atoms with van der Waals surface area (Å²) >= 11 is 1.34. The average molecular weight is 421 g/mol. The highest BCUT2D eigenvalue weighted by molar-refractivity contribution is 8.18. The van der Waals surface area contributed by atoms with Crippen LogP contribution in [0.5, 0.6) is 0 Å². The van der Waals surface area contributed by atoms with Crippen molar-refractivity contribution in [2.45, 2.75) is 20.8 Å². The Kier molecular flexibility index (Phi) is 5.59. The molecule has 0 N–H and O–H groups in total. The summed E-state index contributed by atoms with van der Waals surface area (Å²) in [5.74, 6) is 0.798. The number of thioether (sulfide) groups is 1. The van der Waals surface area contributed by atoms with Crippen molar-refractivity contribution in [2.24, 2.45) is 4.99 Å². The van der Waals surface area contributed by atoms with E-state index in [4.69, 9.17) is 9.41 Å². The molecule has 0 radical (unpaired) electrons. The molecule has 1 aliphatic heterocycles. The number of halogens is 1. The van der Waals surface area contributed by atoms with E-state index in [1.54, 1.807) is 29.2 Å². The van der Waals surface area contributed by atoms with Crippen LogP contribution in [0.15, 0.2) is 68.9 Å². The Morgan fingerprint density at radius 2 is 1.77 bits per heavy atom. The van der Waals surface area contributed by atoms with Crippen LogP contribution in [0.2, 0.25) is 0 Å². The Labute approximate surface area is 179 Å². The zero-order chi connectivity index (χ0) is 21.3. The fourth-order valence-electron chi connectivity index (χ4n) is 3.28. The number of aliphatic imine (C=N–C) groups is 1. The number of amidine groups is 1. The summed E-state index contributed by atoms with van der Waals surface area (Å²) in [5, 5.41) is 0.663. The molecule has 1 aromatic heterocycles. The lowest BCUT2D eigenvalue weighted by Gasteiger charge is -2.13. The van der Waals surface area contributed by atoms with Crippen LogP contribution in [-0.4, -0.2) is 22.5 Å². The van der Waals surface area contributed by atoms with Gasteiger partial charge in [-0.2, -0.15) is 0 Å². The van der Waals surface area contributed by atoms with Gasteiger partial charge in [-0.1, -0.05) is 18.2 Å². The molecule has 0 bridgehead atoms. The minimum atomic E-state index is -0.295. The van der Waals surface area contributed by atoms with E-state index in [1.165, 1.54) is 23.9 Å². The molecule has 1 fully saturated rings. The smallest absolute Gasteiger partial charge is 0.266 e. The van der Waals surface area contributed by atoms with Crippen molar-refractivity contribution in [3.8, 4) is 11.3 Å². The first-order chi connectivity index (χ1) is 14.5. The topological polar surface area (TPSA) is 45.8 Å². The molecule has 4 rings (SSSR count). The van der Waals surface area contributed by atoms with Gasteiger partial charge in [-0.3, -0.25) is 9.69 Å². The number of carbonyl (C=O) groups excluding carboxylic acids is 1. The molecule has 0 spiro atoms. The molecule has 1 saturated heterocycles. The summed E-state index contributed by atoms with van der Waals surface area (Å²) in [4.78, 5) is 19.9. The van der Waals surface area contributed by atoms with Crippen molar-refractivity contribution < 1.29 is 13.6 Å². The Morgan fingerprint density at radius 1 is 1.07 bits per heavy atom. The van der Waals surface area contributed by atoms with Gasteiger partial charge < -0.3 is 4.42 Å². The van der Waals surface area contributed by atoms with Gasteiger partial charge in [0, 0.05) is 18.2 Å². The molecule has 152 valence electrons. The van der Waals surface area contributed by atoms with Crippen molar-refractivity contribution in [3.63, 3.8) is 0 Å². The molecule has 1 amide bonds.